The van der Waals surface area contributed by atoms with Crippen LogP contribution in [0, 0.1) is 13.8 Å². The summed E-state index contributed by atoms with van der Waals surface area (Å²) in [6.07, 6.45) is 1.34. The van der Waals surface area contributed by atoms with Gasteiger partial charge in [0, 0.05) is 38.1 Å². The van der Waals surface area contributed by atoms with E-state index in [0.717, 1.165) is 11.4 Å². The average molecular weight is 380 g/mol. The fourth-order valence-electron chi connectivity index (χ4n) is 2.93. The summed E-state index contributed by atoms with van der Waals surface area (Å²) in [6, 6.07) is 9.20. The number of tetrazole rings is 1. The molecule has 0 fully saturated rings. The Morgan fingerprint density at radius 1 is 1.11 bits per heavy atom. The number of anilines is 1. The topological polar surface area (TPSA) is 92.9 Å². The van der Waals surface area contributed by atoms with E-state index in [9.17, 15) is 4.79 Å². The van der Waals surface area contributed by atoms with Crippen LogP contribution in [0.2, 0.25) is 0 Å². The molecule has 0 bridgehead atoms. The Morgan fingerprint density at radius 3 is 2.46 bits per heavy atom. The summed E-state index contributed by atoms with van der Waals surface area (Å²) in [6.45, 7) is 7.60. The second-order valence-electron chi connectivity index (χ2n) is 6.50. The van der Waals surface area contributed by atoms with Crippen LogP contribution in [-0.4, -0.2) is 67.7 Å². The smallest absolute Gasteiger partial charge is 0.256 e. The molecule has 0 aliphatic heterocycles. The van der Waals surface area contributed by atoms with Crippen LogP contribution < -0.4 is 4.90 Å². The van der Waals surface area contributed by atoms with Gasteiger partial charge in [-0.05, 0) is 44.2 Å². The molecule has 2 aromatic heterocycles. The number of amides is 1. The van der Waals surface area contributed by atoms with Crippen molar-refractivity contribution in [1.82, 2.24) is 35.1 Å². The van der Waals surface area contributed by atoms with Gasteiger partial charge in [0.15, 0.2) is 6.33 Å². The highest BCUT2D eigenvalue weighted by Crippen LogP contribution is 2.15. The highest BCUT2D eigenvalue weighted by Gasteiger charge is 2.20. The molecular weight excluding hydrogens is 356 g/mol. The number of carbonyl (C=O) groups excluding carboxylic acids is 1. The third-order valence-corrected chi connectivity index (χ3v) is 4.39. The van der Waals surface area contributed by atoms with Gasteiger partial charge < -0.3 is 9.80 Å². The summed E-state index contributed by atoms with van der Waals surface area (Å²) in [7, 11) is 1.93. The second-order valence-corrected chi connectivity index (χ2v) is 6.50. The molecule has 0 saturated carbocycles. The molecule has 28 heavy (non-hydrogen) atoms. The van der Waals surface area contributed by atoms with Gasteiger partial charge in [-0.1, -0.05) is 12.1 Å². The van der Waals surface area contributed by atoms with Crippen molar-refractivity contribution in [2.24, 2.45) is 0 Å². The van der Waals surface area contributed by atoms with E-state index >= 15 is 0 Å². The summed E-state index contributed by atoms with van der Waals surface area (Å²) in [5.41, 5.74) is 2.99. The van der Waals surface area contributed by atoms with Gasteiger partial charge in [0.25, 0.3) is 5.91 Å². The van der Waals surface area contributed by atoms with E-state index < -0.39 is 0 Å². The van der Waals surface area contributed by atoms with E-state index in [0.29, 0.717) is 36.8 Å². The number of aromatic nitrogens is 6. The van der Waals surface area contributed by atoms with Crippen molar-refractivity contribution in [2.45, 2.75) is 20.8 Å². The SMILES string of the molecule is CCN(CCN(C)c1nc(C)cc(C)n1)C(=O)c1ccccc1-n1ncnn1. The van der Waals surface area contributed by atoms with Crippen LogP contribution >= 0.6 is 0 Å². The molecule has 9 heteroatoms. The zero-order valence-corrected chi connectivity index (χ0v) is 16.6. The lowest BCUT2D eigenvalue weighted by molar-refractivity contribution is 0.0768. The number of para-hydroxylation sites is 1. The predicted molar refractivity (Wildman–Crippen MR) is 106 cm³/mol. The molecule has 3 aromatic rings. The van der Waals surface area contributed by atoms with Crippen molar-refractivity contribution < 1.29 is 4.79 Å². The molecule has 2 heterocycles. The molecule has 0 N–H and O–H groups in total. The van der Waals surface area contributed by atoms with Crippen molar-refractivity contribution >= 4 is 11.9 Å². The zero-order chi connectivity index (χ0) is 20.1. The molecule has 9 nitrogen and oxygen atoms in total. The molecule has 0 atom stereocenters. The van der Waals surface area contributed by atoms with Crippen molar-refractivity contribution in [3.8, 4) is 5.69 Å². The molecule has 0 spiro atoms. The maximum Gasteiger partial charge on any atom is 0.256 e. The lowest BCUT2D eigenvalue weighted by Crippen LogP contribution is -2.38. The van der Waals surface area contributed by atoms with Crippen LogP contribution in [0.1, 0.15) is 28.7 Å². The number of nitrogens with zero attached hydrogens (tertiary/aromatic N) is 8. The van der Waals surface area contributed by atoms with E-state index in [1.54, 1.807) is 17.0 Å². The largest absolute Gasteiger partial charge is 0.342 e. The van der Waals surface area contributed by atoms with E-state index in [4.69, 9.17) is 0 Å². The molecule has 0 saturated heterocycles. The zero-order valence-electron chi connectivity index (χ0n) is 16.6. The maximum absolute atomic E-state index is 13.1. The molecule has 1 amide bonds. The van der Waals surface area contributed by atoms with Gasteiger partial charge in [-0.25, -0.2) is 9.97 Å². The number of rotatable bonds is 7. The highest BCUT2D eigenvalue weighted by molar-refractivity contribution is 5.97. The summed E-state index contributed by atoms with van der Waals surface area (Å²) < 4.78 is 0. The Kier molecular flexibility index (Phi) is 5.93. The van der Waals surface area contributed by atoms with E-state index in [-0.39, 0.29) is 5.91 Å². The number of aryl methyl sites for hydroxylation is 2. The number of likely N-dealkylation sites (N-methyl/N-ethyl adjacent to an activating group) is 2. The molecule has 3 rings (SSSR count). The fraction of sp³-hybridized carbons (Fsp3) is 0.368. The molecule has 146 valence electrons. The highest BCUT2D eigenvalue weighted by atomic mass is 16.2. The minimum absolute atomic E-state index is 0.0786. The van der Waals surface area contributed by atoms with Gasteiger partial charge in [-0.3, -0.25) is 4.79 Å². The third kappa shape index (κ3) is 4.30. The van der Waals surface area contributed by atoms with Crippen LogP contribution in [0.4, 0.5) is 5.95 Å². The lowest BCUT2D eigenvalue weighted by Gasteiger charge is -2.25. The summed E-state index contributed by atoms with van der Waals surface area (Å²) >= 11 is 0. The first-order valence-electron chi connectivity index (χ1n) is 9.14. The summed E-state index contributed by atoms with van der Waals surface area (Å²) in [5.74, 6) is 0.582. The number of hydrogen-bond donors (Lipinski definition) is 0. The first-order chi connectivity index (χ1) is 13.5. The van der Waals surface area contributed by atoms with Gasteiger partial charge in [0.1, 0.15) is 5.69 Å². The molecular formula is C19H24N8O. The van der Waals surface area contributed by atoms with Crippen LogP contribution in [0.5, 0.6) is 0 Å². The average Bonchev–Trinajstić information content (AvgIpc) is 3.22. The lowest BCUT2D eigenvalue weighted by atomic mass is 10.1. The Bertz CT molecular complexity index is 921. The minimum Gasteiger partial charge on any atom is -0.342 e. The Hall–Kier alpha value is -3.36. The van der Waals surface area contributed by atoms with Crippen LogP contribution in [0.3, 0.4) is 0 Å². The monoisotopic (exact) mass is 380 g/mol. The summed E-state index contributed by atoms with van der Waals surface area (Å²) in [5, 5.41) is 11.7. The Balaban J connectivity index is 1.74. The van der Waals surface area contributed by atoms with Gasteiger partial charge >= 0.3 is 0 Å². The minimum atomic E-state index is -0.0786. The van der Waals surface area contributed by atoms with Crippen molar-refractivity contribution in [3.05, 3.63) is 53.6 Å². The number of hydrogen-bond acceptors (Lipinski definition) is 7. The van der Waals surface area contributed by atoms with Gasteiger partial charge in [0.05, 0.1) is 5.56 Å². The Labute approximate surface area is 164 Å². The van der Waals surface area contributed by atoms with E-state index in [1.165, 1.54) is 11.1 Å². The van der Waals surface area contributed by atoms with Crippen LogP contribution in [0.25, 0.3) is 5.69 Å². The standard InChI is InChI=1S/C19H24N8O/c1-5-26(11-10-25(4)19-22-14(2)12-15(3)23-19)18(28)16-8-6-7-9-17(16)27-21-13-20-24-27/h6-9,12-13H,5,10-11H2,1-4H3. The maximum atomic E-state index is 13.1. The quantitative estimate of drug-likeness (QED) is 0.615. The van der Waals surface area contributed by atoms with Gasteiger partial charge in [0.2, 0.25) is 5.95 Å². The predicted octanol–water partition coefficient (Wildman–Crippen LogP) is 1.67. The normalized spacial score (nSPS) is 10.7. The summed E-state index contributed by atoms with van der Waals surface area (Å²) in [4.78, 5) is 27.2. The fourth-order valence-corrected chi connectivity index (χ4v) is 2.93. The first-order valence-corrected chi connectivity index (χ1v) is 9.14. The van der Waals surface area contributed by atoms with Crippen molar-refractivity contribution in [3.63, 3.8) is 0 Å². The number of carbonyl (C=O) groups is 1. The van der Waals surface area contributed by atoms with Crippen LogP contribution in [-0.2, 0) is 0 Å². The third-order valence-electron chi connectivity index (χ3n) is 4.39. The first kappa shape index (κ1) is 19.4. The second kappa shape index (κ2) is 8.55. The van der Waals surface area contributed by atoms with Crippen LogP contribution in [0.15, 0.2) is 36.7 Å². The van der Waals surface area contributed by atoms with Gasteiger partial charge in [-0.15, -0.1) is 15.0 Å². The van der Waals surface area contributed by atoms with Crippen molar-refractivity contribution in [2.75, 3.05) is 31.6 Å². The molecule has 0 unspecified atom stereocenters. The van der Waals surface area contributed by atoms with Crippen molar-refractivity contribution in [1.29, 1.82) is 0 Å². The van der Waals surface area contributed by atoms with Gasteiger partial charge in [-0.2, -0.15) is 0 Å². The van der Waals surface area contributed by atoms with E-state index in [1.807, 2.05) is 50.9 Å². The molecule has 0 aliphatic rings. The van der Waals surface area contributed by atoms with E-state index in [2.05, 4.69) is 25.4 Å². The Morgan fingerprint density at radius 2 is 1.82 bits per heavy atom. The number of benzene rings is 1. The molecule has 1 aromatic carbocycles. The molecule has 0 radical (unpaired) electrons. The molecule has 0 aliphatic carbocycles.